The van der Waals surface area contributed by atoms with Crippen LogP contribution in [0.15, 0.2) is 24.5 Å². The molecule has 4 nitrogen and oxygen atoms in total. The van der Waals surface area contributed by atoms with Crippen LogP contribution < -0.4 is 0 Å². The Hall–Kier alpha value is -1.42. The van der Waals surface area contributed by atoms with Gasteiger partial charge in [0.2, 0.25) is 0 Å². The van der Waals surface area contributed by atoms with Crippen molar-refractivity contribution in [2.75, 3.05) is 13.2 Å². The van der Waals surface area contributed by atoms with Gasteiger partial charge in [0.1, 0.15) is 0 Å². The number of carboxylic acids is 1. The zero-order valence-electron chi connectivity index (χ0n) is 9.76. The molecule has 1 saturated heterocycles. The lowest BCUT2D eigenvalue weighted by Crippen LogP contribution is -2.37. The summed E-state index contributed by atoms with van der Waals surface area (Å²) in [4.78, 5) is 15.4. The lowest BCUT2D eigenvalue weighted by molar-refractivity contribution is -0.155. The molecule has 2 rings (SSSR count). The van der Waals surface area contributed by atoms with Crippen LogP contribution in [0.4, 0.5) is 0 Å². The molecule has 0 atom stereocenters. The van der Waals surface area contributed by atoms with Crippen LogP contribution in [0.3, 0.4) is 0 Å². The summed E-state index contributed by atoms with van der Waals surface area (Å²) in [6.07, 6.45) is 6.19. The molecule has 0 unspecified atom stereocenters. The summed E-state index contributed by atoms with van der Waals surface area (Å²) in [5.41, 5.74) is 0.550. The van der Waals surface area contributed by atoms with Crippen LogP contribution in [0.5, 0.6) is 0 Å². The molecule has 1 N–H and O–H groups in total. The van der Waals surface area contributed by atoms with Gasteiger partial charge >= 0.3 is 5.97 Å². The Morgan fingerprint density at radius 1 is 1.35 bits per heavy atom. The molecule has 2 heterocycles. The number of ether oxygens (including phenoxy) is 1. The van der Waals surface area contributed by atoms with Crippen molar-refractivity contribution in [3.8, 4) is 0 Å². The largest absolute Gasteiger partial charge is 0.481 e. The summed E-state index contributed by atoms with van der Waals surface area (Å²) >= 11 is 0. The number of pyridine rings is 1. The first-order chi connectivity index (χ1) is 8.23. The Balaban J connectivity index is 2.01. The fraction of sp³-hybridized carbons (Fsp3) is 0.538. The van der Waals surface area contributed by atoms with Crippen molar-refractivity contribution in [3.63, 3.8) is 0 Å². The van der Waals surface area contributed by atoms with Crippen molar-refractivity contribution in [2.45, 2.75) is 25.7 Å². The molecule has 0 amide bonds. The number of aryl methyl sites for hydroxylation is 1. The molecule has 17 heavy (non-hydrogen) atoms. The second kappa shape index (κ2) is 5.27. The second-order valence-corrected chi connectivity index (χ2v) is 4.55. The van der Waals surface area contributed by atoms with E-state index in [9.17, 15) is 9.90 Å². The van der Waals surface area contributed by atoms with E-state index in [1.807, 2.05) is 12.1 Å². The molecule has 1 aliphatic rings. The Bertz CT molecular complexity index is 372. The Morgan fingerprint density at radius 3 is 2.59 bits per heavy atom. The first kappa shape index (κ1) is 12.0. The topological polar surface area (TPSA) is 59.4 Å². The summed E-state index contributed by atoms with van der Waals surface area (Å²) in [5, 5.41) is 9.40. The zero-order chi connectivity index (χ0) is 12.1. The number of aromatic nitrogens is 1. The summed E-state index contributed by atoms with van der Waals surface area (Å²) < 4.78 is 5.25. The van der Waals surface area contributed by atoms with Crippen molar-refractivity contribution < 1.29 is 14.6 Å². The van der Waals surface area contributed by atoms with Crippen molar-refractivity contribution >= 4 is 5.97 Å². The molecule has 1 aromatic heterocycles. The van der Waals surface area contributed by atoms with Gasteiger partial charge in [-0.1, -0.05) is 0 Å². The van der Waals surface area contributed by atoms with Crippen molar-refractivity contribution in [3.05, 3.63) is 30.1 Å². The molecule has 0 aliphatic carbocycles. The molecule has 1 aliphatic heterocycles. The van der Waals surface area contributed by atoms with Gasteiger partial charge in [-0.2, -0.15) is 0 Å². The van der Waals surface area contributed by atoms with Crippen LogP contribution >= 0.6 is 0 Å². The molecular formula is C13H17NO3. The SMILES string of the molecule is O=C(O)C1(CCc2ccncc2)CCOCC1. The van der Waals surface area contributed by atoms with Gasteiger partial charge in [0.15, 0.2) is 0 Å². The predicted molar refractivity (Wildman–Crippen MR) is 62.7 cm³/mol. The van der Waals surface area contributed by atoms with Crippen molar-refractivity contribution in [1.82, 2.24) is 4.98 Å². The van der Waals surface area contributed by atoms with Crippen LogP contribution in [0.2, 0.25) is 0 Å². The first-order valence-corrected chi connectivity index (χ1v) is 5.93. The van der Waals surface area contributed by atoms with Crippen LogP contribution in [-0.4, -0.2) is 29.3 Å². The maximum atomic E-state index is 11.4. The van der Waals surface area contributed by atoms with Gasteiger partial charge in [-0.25, -0.2) is 0 Å². The predicted octanol–water partition coefficient (Wildman–Crippen LogP) is 1.90. The molecule has 0 bridgehead atoms. The molecule has 0 spiro atoms. The fourth-order valence-corrected chi connectivity index (χ4v) is 2.27. The number of hydrogen-bond acceptors (Lipinski definition) is 3. The molecule has 1 fully saturated rings. The van der Waals surface area contributed by atoms with E-state index in [0.717, 1.165) is 12.0 Å². The van der Waals surface area contributed by atoms with Gasteiger partial charge in [-0.3, -0.25) is 9.78 Å². The molecule has 0 radical (unpaired) electrons. The van der Waals surface area contributed by atoms with Gasteiger partial charge in [0, 0.05) is 25.6 Å². The van der Waals surface area contributed by atoms with Gasteiger partial charge in [-0.05, 0) is 43.4 Å². The third kappa shape index (κ3) is 2.82. The van der Waals surface area contributed by atoms with E-state index in [-0.39, 0.29) is 0 Å². The summed E-state index contributed by atoms with van der Waals surface area (Å²) in [7, 11) is 0. The van der Waals surface area contributed by atoms with Gasteiger partial charge in [-0.15, -0.1) is 0 Å². The van der Waals surface area contributed by atoms with E-state index in [4.69, 9.17) is 4.74 Å². The van der Waals surface area contributed by atoms with Crippen LogP contribution in [0.25, 0.3) is 0 Å². The minimum atomic E-state index is -0.685. The quantitative estimate of drug-likeness (QED) is 0.865. The molecule has 1 aromatic rings. The summed E-state index contributed by atoms with van der Waals surface area (Å²) in [6, 6.07) is 3.88. The second-order valence-electron chi connectivity index (χ2n) is 4.55. The standard InChI is InChI=1S/C13H17NO3/c15-12(16)13(5-9-17-10-6-13)4-1-11-2-7-14-8-3-11/h2-3,7-8H,1,4-6,9-10H2,(H,15,16). The fourth-order valence-electron chi connectivity index (χ4n) is 2.27. The third-order valence-electron chi connectivity index (χ3n) is 3.55. The Morgan fingerprint density at radius 2 is 2.00 bits per heavy atom. The lowest BCUT2D eigenvalue weighted by atomic mass is 9.76. The lowest BCUT2D eigenvalue weighted by Gasteiger charge is -2.33. The van der Waals surface area contributed by atoms with Crippen LogP contribution in [0.1, 0.15) is 24.8 Å². The number of carboxylic acid groups (broad SMARTS) is 1. The van der Waals surface area contributed by atoms with Gasteiger partial charge in [0.25, 0.3) is 0 Å². The highest BCUT2D eigenvalue weighted by molar-refractivity contribution is 5.74. The number of hydrogen-bond donors (Lipinski definition) is 1. The Labute approximate surface area is 101 Å². The smallest absolute Gasteiger partial charge is 0.309 e. The summed E-state index contributed by atoms with van der Waals surface area (Å²) in [6.45, 7) is 1.12. The van der Waals surface area contributed by atoms with Gasteiger partial charge < -0.3 is 9.84 Å². The van der Waals surface area contributed by atoms with E-state index in [2.05, 4.69) is 4.98 Å². The third-order valence-corrected chi connectivity index (χ3v) is 3.55. The molecule has 0 aromatic carbocycles. The highest BCUT2D eigenvalue weighted by Gasteiger charge is 2.39. The number of nitrogens with zero attached hydrogens (tertiary/aromatic N) is 1. The molecule has 0 saturated carbocycles. The summed E-state index contributed by atoms with van der Waals surface area (Å²) in [5.74, 6) is -0.685. The number of rotatable bonds is 4. The molecular weight excluding hydrogens is 218 g/mol. The van der Waals surface area contributed by atoms with Crippen LogP contribution in [0, 0.1) is 5.41 Å². The maximum Gasteiger partial charge on any atom is 0.309 e. The van der Waals surface area contributed by atoms with E-state index in [1.54, 1.807) is 12.4 Å². The number of carbonyl (C=O) groups is 1. The molecule has 92 valence electrons. The average molecular weight is 235 g/mol. The number of aliphatic carboxylic acids is 1. The van der Waals surface area contributed by atoms with E-state index in [1.165, 1.54) is 0 Å². The minimum Gasteiger partial charge on any atom is -0.481 e. The minimum absolute atomic E-state index is 0.558. The molecule has 4 heteroatoms. The maximum absolute atomic E-state index is 11.4. The van der Waals surface area contributed by atoms with Crippen molar-refractivity contribution in [1.29, 1.82) is 0 Å². The van der Waals surface area contributed by atoms with E-state index >= 15 is 0 Å². The normalized spacial score (nSPS) is 18.8. The van der Waals surface area contributed by atoms with E-state index in [0.29, 0.717) is 32.5 Å². The Kier molecular flexibility index (Phi) is 3.74. The van der Waals surface area contributed by atoms with E-state index < -0.39 is 11.4 Å². The average Bonchev–Trinajstić information content (AvgIpc) is 2.38. The monoisotopic (exact) mass is 235 g/mol. The highest BCUT2D eigenvalue weighted by atomic mass is 16.5. The van der Waals surface area contributed by atoms with Crippen molar-refractivity contribution in [2.24, 2.45) is 5.41 Å². The zero-order valence-corrected chi connectivity index (χ0v) is 9.76. The van der Waals surface area contributed by atoms with Crippen LogP contribution in [-0.2, 0) is 16.0 Å². The van der Waals surface area contributed by atoms with Gasteiger partial charge in [0.05, 0.1) is 5.41 Å². The first-order valence-electron chi connectivity index (χ1n) is 5.93. The highest BCUT2D eigenvalue weighted by Crippen LogP contribution is 2.35.